The van der Waals surface area contributed by atoms with E-state index in [1.807, 2.05) is 41.3 Å². The van der Waals surface area contributed by atoms with Crippen molar-refractivity contribution in [1.29, 1.82) is 0 Å². The molecule has 2 fully saturated rings. The van der Waals surface area contributed by atoms with E-state index in [0.29, 0.717) is 37.4 Å². The highest BCUT2D eigenvalue weighted by Gasteiger charge is 2.52. The molecule has 0 bridgehead atoms. The fraction of sp³-hybridized carbons (Fsp3) is 0.481. The van der Waals surface area contributed by atoms with E-state index >= 15 is 0 Å². The molecule has 6 nitrogen and oxygen atoms in total. The predicted octanol–water partition coefficient (Wildman–Crippen LogP) is 4.11. The van der Waals surface area contributed by atoms with Crippen molar-refractivity contribution in [2.75, 3.05) is 20.8 Å². The van der Waals surface area contributed by atoms with Crippen LogP contribution in [0, 0.1) is 5.41 Å². The molecule has 176 valence electrons. The maximum atomic E-state index is 13.7. The lowest BCUT2D eigenvalue weighted by Gasteiger charge is -2.51. The van der Waals surface area contributed by atoms with E-state index in [1.54, 1.807) is 14.2 Å². The SMILES string of the molecule is COc1cccc(CNC(=O)[C@@]23CCCC[C@H]2N(CCc2ccccc2)C(=O)CC3)c1OC. The number of rotatable bonds is 8. The summed E-state index contributed by atoms with van der Waals surface area (Å²) in [6.07, 6.45) is 5.65. The Morgan fingerprint density at radius 3 is 2.64 bits per heavy atom. The molecular formula is C27H34N2O4. The minimum absolute atomic E-state index is 0.0385. The third-order valence-corrected chi connectivity index (χ3v) is 7.33. The lowest BCUT2D eigenvalue weighted by atomic mass is 9.64. The van der Waals surface area contributed by atoms with Crippen molar-refractivity contribution in [3.8, 4) is 11.5 Å². The number of hydrogen-bond donors (Lipinski definition) is 1. The van der Waals surface area contributed by atoms with Gasteiger partial charge in [0.05, 0.1) is 19.6 Å². The fourth-order valence-corrected chi connectivity index (χ4v) is 5.61. The molecule has 0 radical (unpaired) electrons. The van der Waals surface area contributed by atoms with Gasteiger partial charge >= 0.3 is 0 Å². The number of fused-ring (bicyclic) bond motifs is 1. The summed E-state index contributed by atoms with van der Waals surface area (Å²) >= 11 is 0. The summed E-state index contributed by atoms with van der Waals surface area (Å²) in [5.41, 5.74) is 1.57. The number of hydrogen-bond acceptors (Lipinski definition) is 4. The molecule has 6 heteroatoms. The molecule has 0 aromatic heterocycles. The van der Waals surface area contributed by atoms with Crippen LogP contribution in [0.4, 0.5) is 0 Å². The number of methoxy groups -OCH3 is 2. The van der Waals surface area contributed by atoms with Crippen molar-refractivity contribution >= 4 is 11.8 Å². The first kappa shape index (κ1) is 23.1. The second-order valence-electron chi connectivity index (χ2n) is 9.08. The van der Waals surface area contributed by atoms with Crippen molar-refractivity contribution in [2.45, 2.75) is 57.5 Å². The zero-order valence-electron chi connectivity index (χ0n) is 19.6. The number of carbonyl (C=O) groups is 2. The highest BCUT2D eigenvalue weighted by Crippen LogP contribution is 2.46. The third kappa shape index (κ3) is 4.70. The third-order valence-electron chi connectivity index (χ3n) is 7.33. The van der Waals surface area contributed by atoms with E-state index in [-0.39, 0.29) is 17.9 Å². The Labute approximate surface area is 196 Å². The molecule has 1 aliphatic carbocycles. The molecule has 1 heterocycles. The predicted molar refractivity (Wildman–Crippen MR) is 127 cm³/mol. The number of piperidine rings is 1. The van der Waals surface area contributed by atoms with Gasteiger partial charge in [-0.15, -0.1) is 0 Å². The summed E-state index contributed by atoms with van der Waals surface area (Å²) < 4.78 is 10.9. The van der Waals surface area contributed by atoms with Gasteiger partial charge in [-0.1, -0.05) is 55.3 Å². The van der Waals surface area contributed by atoms with Gasteiger partial charge < -0.3 is 19.7 Å². The number of ether oxygens (including phenoxy) is 2. The first-order valence-corrected chi connectivity index (χ1v) is 11.9. The largest absolute Gasteiger partial charge is 0.493 e. The van der Waals surface area contributed by atoms with E-state index in [0.717, 1.165) is 37.7 Å². The molecular weight excluding hydrogens is 416 g/mol. The second-order valence-corrected chi connectivity index (χ2v) is 9.08. The van der Waals surface area contributed by atoms with Gasteiger partial charge in [-0.05, 0) is 37.3 Å². The Morgan fingerprint density at radius 2 is 1.88 bits per heavy atom. The molecule has 4 rings (SSSR count). The lowest BCUT2D eigenvalue weighted by molar-refractivity contribution is -0.155. The van der Waals surface area contributed by atoms with E-state index in [9.17, 15) is 9.59 Å². The first-order chi connectivity index (χ1) is 16.1. The first-order valence-electron chi connectivity index (χ1n) is 11.9. The van der Waals surface area contributed by atoms with Crippen LogP contribution < -0.4 is 14.8 Å². The molecule has 2 amide bonds. The number of nitrogens with one attached hydrogen (secondary N) is 1. The van der Waals surface area contributed by atoms with Gasteiger partial charge in [0.25, 0.3) is 0 Å². The fourth-order valence-electron chi connectivity index (χ4n) is 5.61. The normalized spacial score (nSPS) is 22.4. The van der Waals surface area contributed by atoms with E-state index < -0.39 is 5.41 Å². The molecule has 2 aromatic carbocycles. The lowest BCUT2D eigenvalue weighted by Crippen LogP contribution is -2.61. The van der Waals surface area contributed by atoms with Crippen LogP contribution in [0.2, 0.25) is 0 Å². The van der Waals surface area contributed by atoms with Gasteiger partial charge in [-0.3, -0.25) is 9.59 Å². The molecule has 1 saturated heterocycles. The Kier molecular flexibility index (Phi) is 7.21. The Bertz CT molecular complexity index is 977. The van der Waals surface area contributed by atoms with Crippen LogP contribution in [-0.4, -0.2) is 43.5 Å². The van der Waals surface area contributed by atoms with Crippen LogP contribution in [0.5, 0.6) is 11.5 Å². The van der Waals surface area contributed by atoms with Gasteiger partial charge in [0, 0.05) is 31.1 Å². The van der Waals surface area contributed by atoms with Crippen molar-refractivity contribution < 1.29 is 19.1 Å². The minimum Gasteiger partial charge on any atom is -0.493 e. The molecule has 2 aromatic rings. The van der Waals surface area contributed by atoms with Crippen LogP contribution in [0.1, 0.15) is 49.7 Å². The zero-order chi connectivity index (χ0) is 23.3. The summed E-state index contributed by atoms with van der Waals surface area (Å²) in [4.78, 5) is 28.6. The Morgan fingerprint density at radius 1 is 1.06 bits per heavy atom. The summed E-state index contributed by atoms with van der Waals surface area (Å²) in [6.45, 7) is 1.03. The average Bonchev–Trinajstić information content (AvgIpc) is 2.86. The highest BCUT2D eigenvalue weighted by molar-refractivity contribution is 5.88. The van der Waals surface area contributed by atoms with Gasteiger partial charge in [-0.2, -0.15) is 0 Å². The smallest absolute Gasteiger partial charge is 0.228 e. The molecule has 1 N–H and O–H groups in total. The number of para-hydroxylation sites is 1. The number of nitrogens with zero attached hydrogens (tertiary/aromatic N) is 1. The summed E-state index contributed by atoms with van der Waals surface area (Å²) in [5, 5.41) is 3.18. The molecule has 1 saturated carbocycles. The van der Waals surface area contributed by atoms with Crippen LogP contribution in [0.25, 0.3) is 0 Å². The van der Waals surface area contributed by atoms with E-state index in [1.165, 1.54) is 5.56 Å². The van der Waals surface area contributed by atoms with Gasteiger partial charge in [0.15, 0.2) is 11.5 Å². The maximum absolute atomic E-state index is 13.7. The quantitative estimate of drug-likeness (QED) is 0.657. The minimum atomic E-state index is -0.519. The molecule has 0 unspecified atom stereocenters. The second kappa shape index (κ2) is 10.3. The van der Waals surface area contributed by atoms with Gasteiger partial charge in [-0.25, -0.2) is 0 Å². The summed E-state index contributed by atoms with van der Waals surface area (Å²) in [5.74, 6) is 1.51. The molecule has 2 aliphatic rings. The number of amides is 2. The number of benzene rings is 2. The topological polar surface area (TPSA) is 67.9 Å². The van der Waals surface area contributed by atoms with E-state index in [2.05, 4.69) is 17.4 Å². The Balaban J connectivity index is 1.51. The van der Waals surface area contributed by atoms with Crippen molar-refractivity contribution in [1.82, 2.24) is 10.2 Å². The van der Waals surface area contributed by atoms with Crippen LogP contribution in [0.3, 0.4) is 0 Å². The van der Waals surface area contributed by atoms with Gasteiger partial charge in [0.2, 0.25) is 11.8 Å². The number of carbonyl (C=O) groups excluding carboxylic acids is 2. The summed E-state index contributed by atoms with van der Waals surface area (Å²) in [6, 6.07) is 15.9. The highest BCUT2D eigenvalue weighted by atomic mass is 16.5. The maximum Gasteiger partial charge on any atom is 0.228 e. The van der Waals surface area contributed by atoms with Crippen LogP contribution >= 0.6 is 0 Å². The molecule has 2 atom stereocenters. The van der Waals surface area contributed by atoms with E-state index in [4.69, 9.17) is 9.47 Å². The van der Waals surface area contributed by atoms with Crippen molar-refractivity contribution in [2.24, 2.45) is 5.41 Å². The summed E-state index contributed by atoms with van der Waals surface area (Å²) in [7, 11) is 3.21. The molecule has 1 aliphatic heterocycles. The Hall–Kier alpha value is -3.02. The molecule has 0 spiro atoms. The van der Waals surface area contributed by atoms with Crippen LogP contribution in [-0.2, 0) is 22.6 Å². The number of likely N-dealkylation sites (tertiary alicyclic amines) is 1. The standard InChI is InChI=1S/C27H34N2O4/c1-32-22-12-8-11-21(25(22)33-2)19-28-26(31)27-16-7-6-13-23(27)29(24(30)14-17-27)18-15-20-9-4-3-5-10-20/h3-5,8-12,23H,6-7,13-19H2,1-2H3,(H,28,31)/t23-,27-/m1/s1. The van der Waals surface area contributed by atoms with Gasteiger partial charge in [0.1, 0.15) is 0 Å². The zero-order valence-corrected chi connectivity index (χ0v) is 19.6. The molecule has 33 heavy (non-hydrogen) atoms. The van der Waals surface area contributed by atoms with Crippen molar-refractivity contribution in [3.05, 3.63) is 59.7 Å². The van der Waals surface area contributed by atoms with Crippen LogP contribution in [0.15, 0.2) is 48.5 Å². The monoisotopic (exact) mass is 450 g/mol. The average molecular weight is 451 g/mol. The van der Waals surface area contributed by atoms with Crippen molar-refractivity contribution in [3.63, 3.8) is 0 Å².